The van der Waals surface area contributed by atoms with Crippen LogP contribution in [0.25, 0.3) is 0 Å². The number of aromatic nitrogens is 1. The number of carbonyl (C=O) groups is 1. The largest absolute Gasteiger partial charge is 0.321 e. The van der Waals surface area contributed by atoms with Gasteiger partial charge in [-0.3, -0.25) is 9.78 Å². The SMILES string of the molecule is CC(C)(C)C(=O)C(N)Cc1cccnc1.[HH]. The average molecular weight is 208 g/mol. The summed E-state index contributed by atoms with van der Waals surface area (Å²) in [7, 11) is 0. The molecule has 1 aromatic rings. The Morgan fingerprint density at radius 2 is 2.27 bits per heavy atom. The van der Waals surface area contributed by atoms with Crippen molar-refractivity contribution in [1.82, 2.24) is 4.98 Å². The van der Waals surface area contributed by atoms with E-state index in [9.17, 15) is 4.79 Å². The van der Waals surface area contributed by atoms with Gasteiger partial charge in [-0.2, -0.15) is 0 Å². The van der Waals surface area contributed by atoms with E-state index in [1.165, 1.54) is 0 Å². The van der Waals surface area contributed by atoms with Gasteiger partial charge in [0, 0.05) is 19.2 Å². The molecule has 1 heterocycles. The predicted octanol–water partition coefficient (Wildman–Crippen LogP) is 1.81. The molecular formula is C12H20N2O. The molecule has 0 aliphatic carbocycles. The van der Waals surface area contributed by atoms with E-state index >= 15 is 0 Å². The number of nitrogens with two attached hydrogens (primary N) is 1. The quantitative estimate of drug-likeness (QED) is 0.824. The van der Waals surface area contributed by atoms with Crippen molar-refractivity contribution < 1.29 is 6.22 Å². The van der Waals surface area contributed by atoms with Crippen molar-refractivity contribution in [2.45, 2.75) is 33.2 Å². The van der Waals surface area contributed by atoms with E-state index in [1.54, 1.807) is 12.4 Å². The minimum atomic E-state index is -0.436. The molecule has 0 bridgehead atoms. The maximum Gasteiger partial charge on any atom is 0.155 e. The van der Waals surface area contributed by atoms with Crippen molar-refractivity contribution in [3.8, 4) is 0 Å². The van der Waals surface area contributed by atoms with E-state index in [0.29, 0.717) is 6.42 Å². The van der Waals surface area contributed by atoms with Gasteiger partial charge in [0.2, 0.25) is 0 Å². The van der Waals surface area contributed by atoms with Gasteiger partial charge in [-0.05, 0) is 18.1 Å². The Balaban J connectivity index is 0.00000225. The Kier molecular flexibility index (Phi) is 3.58. The summed E-state index contributed by atoms with van der Waals surface area (Å²) in [5, 5.41) is 0. The molecule has 15 heavy (non-hydrogen) atoms. The fourth-order valence-electron chi connectivity index (χ4n) is 1.42. The molecule has 3 heteroatoms. The van der Waals surface area contributed by atoms with Crippen molar-refractivity contribution in [3.63, 3.8) is 0 Å². The molecule has 3 nitrogen and oxygen atoms in total. The Labute approximate surface area is 92.2 Å². The van der Waals surface area contributed by atoms with Gasteiger partial charge in [0.05, 0.1) is 6.04 Å². The zero-order valence-corrected chi connectivity index (χ0v) is 9.53. The molecule has 0 radical (unpaired) electrons. The van der Waals surface area contributed by atoms with Crippen LogP contribution >= 0.6 is 0 Å². The zero-order valence-electron chi connectivity index (χ0n) is 9.53. The van der Waals surface area contributed by atoms with Crippen LogP contribution in [-0.4, -0.2) is 16.8 Å². The second-order valence-corrected chi connectivity index (χ2v) is 4.79. The maximum absolute atomic E-state index is 11.8. The van der Waals surface area contributed by atoms with Gasteiger partial charge in [0.15, 0.2) is 5.78 Å². The Bertz CT molecular complexity index is 333. The number of Topliss-reactive ketones (excluding diaryl/α,β-unsaturated/α-hetero) is 1. The molecule has 0 amide bonds. The predicted molar refractivity (Wildman–Crippen MR) is 62.5 cm³/mol. The zero-order chi connectivity index (χ0) is 11.5. The smallest absolute Gasteiger partial charge is 0.155 e. The fourth-order valence-corrected chi connectivity index (χ4v) is 1.42. The van der Waals surface area contributed by atoms with E-state index in [0.717, 1.165) is 5.56 Å². The van der Waals surface area contributed by atoms with Crippen LogP contribution in [0.1, 0.15) is 27.8 Å². The van der Waals surface area contributed by atoms with Crippen LogP contribution in [0.4, 0.5) is 0 Å². The molecule has 84 valence electrons. The van der Waals surface area contributed by atoms with Crippen LogP contribution in [0.2, 0.25) is 0 Å². The lowest BCUT2D eigenvalue weighted by Gasteiger charge is -2.21. The number of rotatable bonds is 3. The topological polar surface area (TPSA) is 56.0 Å². The first-order chi connectivity index (χ1) is 6.91. The highest BCUT2D eigenvalue weighted by molar-refractivity contribution is 5.88. The van der Waals surface area contributed by atoms with Crippen LogP contribution in [0, 0.1) is 5.41 Å². The number of nitrogens with zero attached hydrogens (tertiary/aromatic N) is 1. The number of hydrogen-bond donors (Lipinski definition) is 1. The molecule has 0 saturated heterocycles. The first-order valence-electron chi connectivity index (χ1n) is 5.10. The average Bonchev–Trinajstić information content (AvgIpc) is 2.16. The van der Waals surface area contributed by atoms with Crippen LogP contribution < -0.4 is 5.73 Å². The third kappa shape index (κ3) is 3.44. The van der Waals surface area contributed by atoms with E-state index in [-0.39, 0.29) is 12.6 Å². The van der Waals surface area contributed by atoms with Crippen molar-refractivity contribution in [3.05, 3.63) is 30.1 Å². The van der Waals surface area contributed by atoms with Crippen molar-refractivity contribution >= 4 is 5.78 Å². The molecule has 0 spiro atoms. The highest BCUT2D eigenvalue weighted by Crippen LogP contribution is 2.17. The molecule has 0 fully saturated rings. The molecule has 1 rings (SSSR count). The van der Waals surface area contributed by atoms with Crippen LogP contribution in [0.5, 0.6) is 0 Å². The lowest BCUT2D eigenvalue weighted by atomic mass is 9.85. The molecule has 1 aromatic heterocycles. The Morgan fingerprint density at radius 1 is 1.60 bits per heavy atom. The molecule has 0 aliphatic rings. The summed E-state index contributed by atoms with van der Waals surface area (Å²) < 4.78 is 0. The summed E-state index contributed by atoms with van der Waals surface area (Å²) in [4.78, 5) is 15.8. The molecule has 0 aliphatic heterocycles. The van der Waals surface area contributed by atoms with E-state index in [1.807, 2.05) is 32.9 Å². The monoisotopic (exact) mass is 208 g/mol. The minimum absolute atomic E-state index is 0. The second-order valence-electron chi connectivity index (χ2n) is 4.79. The number of hydrogen-bond acceptors (Lipinski definition) is 3. The van der Waals surface area contributed by atoms with Gasteiger partial charge in [-0.1, -0.05) is 26.8 Å². The summed E-state index contributed by atoms with van der Waals surface area (Å²) in [6, 6.07) is 3.35. The molecular weight excluding hydrogens is 188 g/mol. The summed E-state index contributed by atoms with van der Waals surface area (Å²) >= 11 is 0. The van der Waals surface area contributed by atoms with Gasteiger partial charge in [0.1, 0.15) is 0 Å². The van der Waals surface area contributed by atoms with Gasteiger partial charge in [-0.25, -0.2) is 0 Å². The van der Waals surface area contributed by atoms with E-state index in [2.05, 4.69) is 4.98 Å². The molecule has 0 saturated carbocycles. The van der Waals surface area contributed by atoms with Gasteiger partial charge < -0.3 is 5.73 Å². The number of ketones is 1. The summed E-state index contributed by atoms with van der Waals surface area (Å²) in [6.07, 6.45) is 4.01. The number of pyridine rings is 1. The summed E-state index contributed by atoms with van der Waals surface area (Å²) in [5.74, 6) is 0.0892. The van der Waals surface area contributed by atoms with Gasteiger partial charge in [-0.15, -0.1) is 0 Å². The summed E-state index contributed by atoms with van der Waals surface area (Å²) in [5.41, 5.74) is 6.49. The molecule has 0 aromatic carbocycles. The minimum Gasteiger partial charge on any atom is -0.321 e. The van der Waals surface area contributed by atoms with Gasteiger partial charge in [0.25, 0.3) is 0 Å². The standard InChI is InChI=1S/C12H18N2O.H2/c1-12(2,3)11(15)10(13)7-9-5-4-6-14-8-9;/h4-6,8,10H,7,13H2,1-3H3;1H. The Morgan fingerprint density at radius 3 is 2.73 bits per heavy atom. The molecule has 2 N–H and O–H groups in total. The fraction of sp³-hybridized carbons (Fsp3) is 0.500. The first-order valence-corrected chi connectivity index (χ1v) is 5.10. The van der Waals surface area contributed by atoms with E-state index < -0.39 is 6.04 Å². The van der Waals surface area contributed by atoms with Crippen molar-refractivity contribution in [2.75, 3.05) is 0 Å². The Hall–Kier alpha value is -1.22. The second kappa shape index (κ2) is 4.53. The van der Waals surface area contributed by atoms with Crippen LogP contribution in [0.15, 0.2) is 24.5 Å². The normalized spacial score (nSPS) is 13.6. The molecule has 1 unspecified atom stereocenters. The van der Waals surface area contributed by atoms with Crippen LogP contribution in [-0.2, 0) is 11.2 Å². The molecule has 1 atom stereocenters. The first kappa shape index (κ1) is 11.9. The lowest BCUT2D eigenvalue weighted by Crippen LogP contribution is -2.40. The lowest BCUT2D eigenvalue weighted by molar-refractivity contribution is -0.127. The maximum atomic E-state index is 11.8. The highest BCUT2D eigenvalue weighted by Gasteiger charge is 2.26. The van der Waals surface area contributed by atoms with Gasteiger partial charge >= 0.3 is 0 Å². The number of carbonyl (C=O) groups excluding carboxylic acids is 1. The van der Waals surface area contributed by atoms with Crippen LogP contribution in [0.3, 0.4) is 0 Å². The third-order valence-electron chi connectivity index (χ3n) is 2.25. The third-order valence-corrected chi connectivity index (χ3v) is 2.25. The van der Waals surface area contributed by atoms with Crippen molar-refractivity contribution in [2.24, 2.45) is 11.1 Å². The van der Waals surface area contributed by atoms with Crippen molar-refractivity contribution in [1.29, 1.82) is 0 Å². The summed E-state index contributed by atoms with van der Waals surface area (Å²) in [6.45, 7) is 5.66. The van der Waals surface area contributed by atoms with E-state index in [4.69, 9.17) is 5.73 Å². The highest BCUT2D eigenvalue weighted by atomic mass is 16.1.